The summed E-state index contributed by atoms with van der Waals surface area (Å²) in [6.45, 7) is 3.57. The molecule has 1 amide bonds. The highest BCUT2D eigenvalue weighted by Gasteiger charge is 2.14. The van der Waals surface area contributed by atoms with E-state index in [1.165, 1.54) is 0 Å². The molecule has 0 spiro atoms. The summed E-state index contributed by atoms with van der Waals surface area (Å²) in [7, 11) is 1.59. The molecular weight excluding hydrogens is 246 g/mol. The summed E-state index contributed by atoms with van der Waals surface area (Å²) >= 11 is 0. The van der Waals surface area contributed by atoms with Crippen LogP contribution in [-0.4, -0.2) is 23.1 Å². The third kappa shape index (κ3) is 3.09. The van der Waals surface area contributed by atoms with Gasteiger partial charge in [-0.1, -0.05) is 5.16 Å². The molecule has 0 bridgehead atoms. The average Bonchev–Trinajstić information content (AvgIpc) is 2.85. The number of hydrogen-bond acceptors (Lipinski definition) is 5. The lowest BCUT2D eigenvalue weighted by molar-refractivity contribution is 0.0963. The SMILES string of the molecule is CNC(=O)c1ccc(O[C@@H](C)c2nc(C)no2)cc1. The zero-order valence-electron chi connectivity index (χ0n) is 11.0. The van der Waals surface area contributed by atoms with Crippen molar-refractivity contribution in [1.29, 1.82) is 0 Å². The first kappa shape index (κ1) is 13.1. The summed E-state index contributed by atoms with van der Waals surface area (Å²) in [6.07, 6.45) is -0.341. The fourth-order valence-electron chi connectivity index (χ4n) is 1.56. The van der Waals surface area contributed by atoms with Gasteiger partial charge in [-0.2, -0.15) is 4.98 Å². The molecule has 1 heterocycles. The summed E-state index contributed by atoms with van der Waals surface area (Å²) in [5, 5.41) is 6.27. The predicted molar refractivity (Wildman–Crippen MR) is 67.9 cm³/mol. The molecule has 0 unspecified atom stereocenters. The van der Waals surface area contributed by atoms with Crippen molar-refractivity contribution in [2.75, 3.05) is 7.05 Å². The van der Waals surface area contributed by atoms with Crippen LogP contribution in [0.4, 0.5) is 0 Å². The van der Waals surface area contributed by atoms with Crippen LogP contribution >= 0.6 is 0 Å². The van der Waals surface area contributed by atoms with Gasteiger partial charge < -0.3 is 14.6 Å². The predicted octanol–water partition coefficient (Wildman–Crippen LogP) is 1.88. The number of aromatic nitrogens is 2. The van der Waals surface area contributed by atoms with Crippen LogP contribution in [0.3, 0.4) is 0 Å². The fourth-order valence-corrected chi connectivity index (χ4v) is 1.56. The van der Waals surface area contributed by atoms with Gasteiger partial charge in [-0.05, 0) is 38.1 Å². The molecule has 0 saturated heterocycles. The van der Waals surface area contributed by atoms with Crippen LogP contribution in [0.25, 0.3) is 0 Å². The third-order valence-electron chi connectivity index (χ3n) is 2.55. The van der Waals surface area contributed by atoms with Crippen molar-refractivity contribution in [3.63, 3.8) is 0 Å². The van der Waals surface area contributed by atoms with Crippen molar-refractivity contribution in [1.82, 2.24) is 15.5 Å². The smallest absolute Gasteiger partial charge is 0.267 e. The second kappa shape index (κ2) is 5.51. The van der Waals surface area contributed by atoms with Gasteiger partial charge >= 0.3 is 0 Å². The maximum atomic E-state index is 11.4. The standard InChI is InChI=1S/C13H15N3O3/c1-8(13-15-9(2)16-19-13)18-11-6-4-10(5-7-11)12(17)14-3/h4-8H,1-3H3,(H,14,17)/t8-/m0/s1. The number of hydrogen-bond donors (Lipinski definition) is 1. The van der Waals surface area contributed by atoms with Gasteiger partial charge in [-0.25, -0.2) is 0 Å². The molecule has 0 aliphatic rings. The molecule has 100 valence electrons. The first-order valence-corrected chi connectivity index (χ1v) is 5.89. The van der Waals surface area contributed by atoms with Crippen molar-refractivity contribution in [2.45, 2.75) is 20.0 Å². The van der Waals surface area contributed by atoms with E-state index < -0.39 is 0 Å². The maximum absolute atomic E-state index is 11.4. The molecule has 1 aromatic carbocycles. The van der Waals surface area contributed by atoms with Gasteiger partial charge in [-0.15, -0.1) is 0 Å². The largest absolute Gasteiger partial charge is 0.481 e. The minimum Gasteiger partial charge on any atom is -0.481 e. The monoisotopic (exact) mass is 261 g/mol. The first-order valence-electron chi connectivity index (χ1n) is 5.89. The molecule has 0 aliphatic carbocycles. The van der Waals surface area contributed by atoms with Crippen LogP contribution in [0.2, 0.25) is 0 Å². The van der Waals surface area contributed by atoms with Gasteiger partial charge in [0.05, 0.1) is 0 Å². The number of benzene rings is 1. The summed E-state index contributed by atoms with van der Waals surface area (Å²) < 4.78 is 10.7. The Morgan fingerprint density at radius 1 is 1.37 bits per heavy atom. The molecular formula is C13H15N3O3. The van der Waals surface area contributed by atoms with E-state index in [0.29, 0.717) is 23.0 Å². The minimum atomic E-state index is -0.341. The summed E-state index contributed by atoms with van der Waals surface area (Å²) in [6, 6.07) is 6.84. The summed E-state index contributed by atoms with van der Waals surface area (Å²) in [4.78, 5) is 15.5. The number of nitrogens with zero attached hydrogens (tertiary/aromatic N) is 2. The van der Waals surface area contributed by atoms with Gasteiger partial charge in [0.2, 0.25) is 0 Å². The molecule has 6 heteroatoms. The molecule has 0 radical (unpaired) electrons. The van der Waals surface area contributed by atoms with E-state index in [1.54, 1.807) is 38.2 Å². The van der Waals surface area contributed by atoms with E-state index in [9.17, 15) is 4.79 Å². The highest BCUT2D eigenvalue weighted by atomic mass is 16.5. The molecule has 0 aliphatic heterocycles. The Labute approximate surface area is 110 Å². The summed E-state index contributed by atoms with van der Waals surface area (Å²) in [5.41, 5.74) is 0.580. The molecule has 2 rings (SSSR count). The molecule has 0 fully saturated rings. The van der Waals surface area contributed by atoms with Gasteiger partial charge in [0.1, 0.15) is 5.75 Å². The lowest BCUT2D eigenvalue weighted by Crippen LogP contribution is -2.17. The van der Waals surface area contributed by atoms with Gasteiger partial charge in [0, 0.05) is 12.6 Å². The molecule has 2 aromatic rings. The lowest BCUT2D eigenvalue weighted by atomic mass is 10.2. The van der Waals surface area contributed by atoms with Crippen molar-refractivity contribution < 1.29 is 14.1 Å². The van der Waals surface area contributed by atoms with Crippen LogP contribution in [0.1, 0.15) is 35.1 Å². The molecule has 0 saturated carbocycles. The Bertz CT molecular complexity index is 563. The summed E-state index contributed by atoms with van der Waals surface area (Å²) in [5.74, 6) is 1.50. The van der Waals surface area contributed by atoms with Crippen LogP contribution in [0, 0.1) is 6.92 Å². The highest BCUT2D eigenvalue weighted by Crippen LogP contribution is 2.20. The van der Waals surface area contributed by atoms with Gasteiger partial charge in [0.15, 0.2) is 11.9 Å². The quantitative estimate of drug-likeness (QED) is 0.909. The number of nitrogens with one attached hydrogen (secondary N) is 1. The van der Waals surface area contributed by atoms with E-state index in [0.717, 1.165) is 0 Å². The molecule has 19 heavy (non-hydrogen) atoms. The fraction of sp³-hybridized carbons (Fsp3) is 0.308. The van der Waals surface area contributed by atoms with Crippen molar-refractivity contribution in [2.24, 2.45) is 0 Å². The van der Waals surface area contributed by atoms with Crippen LogP contribution in [-0.2, 0) is 0 Å². The number of ether oxygens (including phenoxy) is 1. The Morgan fingerprint density at radius 2 is 2.05 bits per heavy atom. The normalized spacial score (nSPS) is 11.9. The zero-order chi connectivity index (χ0) is 13.8. The van der Waals surface area contributed by atoms with E-state index in [4.69, 9.17) is 9.26 Å². The second-order valence-electron chi connectivity index (χ2n) is 4.04. The zero-order valence-corrected chi connectivity index (χ0v) is 11.0. The number of rotatable bonds is 4. The Balaban J connectivity index is 2.05. The Hall–Kier alpha value is -2.37. The molecule has 1 aromatic heterocycles. The van der Waals surface area contributed by atoms with Crippen molar-refractivity contribution >= 4 is 5.91 Å². The Morgan fingerprint density at radius 3 is 2.58 bits per heavy atom. The maximum Gasteiger partial charge on any atom is 0.267 e. The van der Waals surface area contributed by atoms with Crippen molar-refractivity contribution in [3.8, 4) is 5.75 Å². The molecule has 1 N–H and O–H groups in total. The van der Waals surface area contributed by atoms with E-state index in [2.05, 4.69) is 15.5 Å². The highest BCUT2D eigenvalue weighted by molar-refractivity contribution is 5.94. The third-order valence-corrected chi connectivity index (χ3v) is 2.55. The number of carbonyl (C=O) groups is 1. The van der Waals surface area contributed by atoms with Gasteiger partial charge in [-0.3, -0.25) is 4.79 Å². The molecule has 6 nitrogen and oxygen atoms in total. The van der Waals surface area contributed by atoms with E-state index in [1.807, 2.05) is 6.92 Å². The number of aryl methyl sites for hydroxylation is 1. The van der Waals surface area contributed by atoms with Crippen LogP contribution in [0.15, 0.2) is 28.8 Å². The van der Waals surface area contributed by atoms with E-state index >= 15 is 0 Å². The lowest BCUT2D eigenvalue weighted by Gasteiger charge is -2.10. The Kier molecular flexibility index (Phi) is 3.79. The topological polar surface area (TPSA) is 77.2 Å². The second-order valence-corrected chi connectivity index (χ2v) is 4.04. The number of carbonyl (C=O) groups excluding carboxylic acids is 1. The first-order chi connectivity index (χ1) is 9.10. The van der Waals surface area contributed by atoms with Crippen molar-refractivity contribution in [3.05, 3.63) is 41.5 Å². The molecule has 1 atom stereocenters. The van der Waals surface area contributed by atoms with Crippen LogP contribution in [0.5, 0.6) is 5.75 Å². The average molecular weight is 261 g/mol. The van der Waals surface area contributed by atoms with Gasteiger partial charge in [0.25, 0.3) is 11.8 Å². The van der Waals surface area contributed by atoms with E-state index in [-0.39, 0.29) is 12.0 Å². The van der Waals surface area contributed by atoms with Crippen LogP contribution < -0.4 is 10.1 Å². The minimum absolute atomic E-state index is 0.132. The number of amides is 1.